The zero-order chi connectivity index (χ0) is 21.6. The van der Waals surface area contributed by atoms with Crippen LogP contribution in [0.1, 0.15) is 34.3 Å². The number of fused-ring (bicyclic) bond motifs is 2. The first-order valence-corrected chi connectivity index (χ1v) is 11.0. The van der Waals surface area contributed by atoms with Gasteiger partial charge in [0.1, 0.15) is 5.82 Å². The molecule has 0 aliphatic carbocycles. The molecule has 5 heteroatoms. The Morgan fingerprint density at radius 3 is 2.42 bits per heavy atom. The molecule has 31 heavy (non-hydrogen) atoms. The van der Waals surface area contributed by atoms with Gasteiger partial charge in [0.05, 0.1) is 5.56 Å². The van der Waals surface area contributed by atoms with Crippen LogP contribution in [0.5, 0.6) is 0 Å². The van der Waals surface area contributed by atoms with Crippen LogP contribution in [0, 0.1) is 12.7 Å². The van der Waals surface area contributed by atoms with Gasteiger partial charge in [-0.3, -0.25) is 4.79 Å². The van der Waals surface area contributed by atoms with Gasteiger partial charge in [0.15, 0.2) is 0 Å². The highest BCUT2D eigenvalue weighted by Crippen LogP contribution is 2.48. The lowest BCUT2D eigenvalue weighted by molar-refractivity contribution is 0.0979. The standard InChI is InChI=1S/C26H24ClFN2O/c1-18-6-9-20(10-7-18)29-14-12-26(13-15-29)17-30(24-11-8-19(27)16-22(24)26)25(31)21-4-2-3-5-23(21)28/h2-11,16H,12-15,17H2,1H3. The zero-order valence-corrected chi connectivity index (χ0v) is 18.2. The highest BCUT2D eigenvalue weighted by molar-refractivity contribution is 6.30. The van der Waals surface area contributed by atoms with Crippen LogP contribution in [-0.4, -0.2) is 25.5 Å². The Labute approximate surface area is 187 Å². The molecule has 0 saturated carbocycles. The maximum atomic E-state index is 14.4. The van der Waals surface area contributed by atoms with E-state index in [9.17, 15) is 9.18 Å². The molecule has 0 aromatic heterocycles. The normalized spacial score (nSPS) is 17.1. The van der Waals surface area contributed by atoms with Gasteiger partial charge in [-0.05, 0) is 67.8 Å². The number of carbonyl (C=O) groups is 1. The molecule has 1 saturated heterocycles. The summed E-state index contributed by atoms with van der Waals surface area (Å²) >= 11 is 6.36. The van der Waals surface area contributed by atoms with Gasteiger partial charge in [0.25, 0.3) is 5.91 Å². The lowest BCUT2D eigenvalue weighted by Crippen LogP contribution is -2.46. The molecule has 2 aliphatic rings. The van der Waals surface area contributed by atoms with Crippen LogP contribution in [-0.2, 0) is 5.41 Å². The third-order valence-corrected chi connectivity index (χ3v) is 6.99. The first-order valence-electron chi connectivity index (χ1n) is 10.6. The van der Waals surface area contributed by atoms with E-state index in [0.29, 0.717) is 11.6 Å². The first-order chi connectivity index (χ1) is 15.0. The number of nitrogens with zero attached hydrogens (tertiary/aromatic N) is 2. The molecule has 0 bridgehead atoms. The summed E-state index contributed by atoms with van der Waals surface area (Å²) in [6, 6.07) is 20.5. The molecule has 2 heterocycles. The van der Waals surface area contributed by atoms with Crippen molar-refractivity contribution in [2.24, 2.45) is 0 Å². The fraction of sp³-hybridized carbons (Fsp3) is 0.269. The monoisotopic (exact) mass is 434 g/mol. The van der Waals surface area contributed by atoms with E-state index in [2.05, 4.69) is 36.1 Å². The van der Waals surface area contributed by atoms with Crippen molar-refractivity contribution in [2.75, 3.05) is 29.4 Å². The number of piperidine rings is 1. The van der Waals surface area contributed by atoms with E-state index in [1.807, 2.05) is 18.2 Å². The van der Waals surface area contributed by atoms with Gasteiger partial charge in [0, 0.05) is 41.4 Å². The topological polar surface area (TPSA) is 23.6 Å². The van der Waals surface area contributed by atoms with Gasteiger partial charge in [-0.1, -0.05) is 41.4 Å². The minimum Gasteiger partial charge on any atom is -0.371 e. The van der Waals surface area contributed by atoms with Gasteiger partial charge >= 0.3 is 0 Å². The molecule has 0 radical (unpaired) electrons. The first kappa shape index (κ1) is 20.1. The maximum Gasteiger partial charge on any atom is 0.261 e. The summed E-state index contributed by atoms with van der Waals surface area (Å²) in [7, 11) is 0. The molecule has 1 spiro atoms. The van der Waals surface area contributed by atoms with Crippen molar-refractivity contribution in [2.45, 2.75) is 25.2 Å². The van der Waals surface area contributed by atoms with Crippen LogP contribution in [0.4, 0.5) is 15.8 Å². The Morgan fingerprint density at radius 1 is 1.00 bits per heavy atom. The van der Waals surface area contributed by atoms with E-state index in [1.165, 1.54) is 17.3 Å². The summed E-state index contributed by atoms with van der Waals surface area (Å²) < 4.78 is 14.4. The molecule has 3 nitrogen and oxygen atoms in total. The number of hydrogen-bond donors (Lipinski definition) is 0. The number of anilines is 2. The highest BCUT2D eigenvalue weighted by Gasteiger charge is 2.46. The smallest absolute Gasteiger partial charge is 0.261 e. The fourth-order valence-electron chi connectivity index (χ4n) is 4.98. The third kappa shape index (κ3) is 3.49. The van der Waals surface area contributed by atoms with Crippen molar-refractivity contribution < 1.29 is 9.18 Å². The van der Waals surface area contributed by atoms with Crippen LogP contribution in [0.2, 0.25) is 5.02 Å². The van der Waals surface area contributed by atoms with Gasteiger partial charge in [-0.25, -0.2) is 4.39 Å². The van der Waals surface area contributed by atoms with Crippen molar-refractivity contribution in [3.8, 4) is 0 Å². The van der Waals surface area contributed by atoms with Crippen LogP contribution in [0.15, 0.2) is 66.7 Å². The lowest BCUT2D eigenvalue weighted by Gasteiger charge is -2.41. The van der Waals surface area contributed by atoms with Crippen molar-refractivity contribution in [1.82, 2.24) is 0 Å². The average Bonchev–Trinajstić information content (AvgIpc) is 3.08. The molecule has 158 valence electrons. The molecule has 0 atom stereocenters. The molecule has 3 aromatic carbocycles. The molecule has 0 unspecified atom stereocenters. The van der Waals surface area contributed by atoms with Crippen molar-refractivity contribution in [3.05, 3.63) is 94.3 Å². The van der Waals surface area contributed by atoms with E-state index in [1.54, 1.807) is 23.1 Å². The highest BCUT2D eigenvalue weighted by atomic mass is 35.5. The average molecular weight is 435 g/mol. The van der Waals surface area contributed by atoms with E-state index in [-0.39, 0.29) is 16.9 Å². The van der Waals surface area contributed by atoms with Crippen molar-refractivity contribution in [1.29, 1.82) is 0 Å². The second kappa shape index (κ2) is 7.69. The lowest BCUT2D eigenvalue weighted by atomic mass is 9.74. The van der Waals surface area contributed by atoms with E-state index >= 15 is 0 Å². The third-order valence-electron chi connectivity index (χ3n) is 6.75. The number of hydrogen-bond acceptors (Lipinski definition) is 2. The second-order valence-corrected chi connectivity index (χ2v) is 9.07. The SMILES string of the molecule is Cc1ccc(N2CCC3(CC2)CN(C(=O)c2ccccc2F)c2ccc(Cl)cc23)cc1. The van der Waals surface area contributed by atoms with E-state index in [4.69, 9.17) is 11.6 Å². The zero-order valence-electron chi connectivity index (χ0n) is 17.4. The van der Waals surface area contributed by atoms with Crippen molar-refractivity contribution >= 4 is 28.9 Å². The van der Waals surface area contributed by atoms with E-state index in [0.717, 1.165) is 37.2 Å². The summed E-state index contributed by atoms with van der Waals surface area (Å²) in [6.07, 6.45) is 1.82. The molecule has 3 aromatic rings. The predicted octanol–water partition coefficient (Wildman–Crippen LogP) is 5.99. The second-order valence-electron chi connectivity index (χ2n) is 8.64. The Kier molecular flexibility index (Phi) is 4.98. The van der Waals surface area contributed by atoms with Crippen molar-refractivity contribution in [3.63, 3.8) is 0 Å². The maximum absolute atomic E-state index is 14.4. The number of aryl methyl sites for hydroxylation is 1. The number of rotatable bonds is 2. The summed E-state index contributed by atoms with van der Waals surface area (Å²) in [6.45, 7) is 4.44. The number of carbonyl (C=O) groups excluding carboxylic acids is 1. The Balaban J connectivity index is 1.46. The summed E-state index contributed by atoms with van der Waals surface area (Å²) in [5.74, 6) is -0.780. The Hall–Kier alpha value is -2.85. The molecule has 0 N–H and O–H groups in total. The Morgan fingerprint density at radius 2 is 1.71 bits per heavy atom. The molecular weight excluding hydrogens is 411 g/mol. The summed E-state index contributed by atoms with van der Waals surface area (Å²) in [5, 5.41) is 0.666. The van der Waals surface area contributed by atoms with Crippen LogP contribution in [0.25, 0.3) is 0 Å². The summed E-state index contributed by atoms with van der Waals surface area (Å²) in [5.41, 5.74) is 4.37. The summed E-state index contributed by atoms with van der Waals surface area (Å²) in [4.78, 5) is 17.4. The largest absolute Gasteiger partial charge is 0.371 e. The van der Waals surface area contributed by atoms with Gasteiger partial charge in [-0.15, -0.1) is 0 Å². The van der Waals surface area contributed by atoms with Gasteiger partial charge < -0.3 is 9.80 Å². The number of amides is 1. The van der Waals surface area contributed by atoms with Crippen LogP contribution >= 0.6 is 11.6 Å². The van der Waals surface area contributed by atoms with E-state index < -0.39 is 5.82 Å². The minimum atomic E-state index is -0.488. The molecule has 5 rings (SSSR count). The minimum absolute atomic E-state index is 0.109. The quantitative estimate of drug-likeness (QED) is 0.495. The van der Waals surface area contributed by atoms with Crippen LogP contribution in [0.3, 0.4) is 0 Å². The van der Waals surface area contributed by atoms with Crippen LogP contribution < -0.4 is 9.80 Å². The predicted molar refractivity (Wildman–Crippen MR) is 124 cm³/mol. The Bertz CT molecular complexity index is 1140. The van der Waals surface area contributed by atoms with Gasteiger partial charge in [0.2, 0.25) is 0 Å². The number of benzene rings is 3. The fourth-order valence-corrected chi connectivity index (χ4v) is 5.15. The molecule has 1 fully saturated rings. The molecule has 2 aliphatic heterocycles. The number of halogens is 2. The molecule has 1 amide bonds. The van der Waals surface area contributed by atoms with Gasteiger partial charge in [-0.2, -0.15) is 0 Å². The molecular formula is C26H24ClFN2O.